The maximum Gasteiger partial charge on any atom is 0.306 e. The number of ether oxygens (including phenoxy) is 1. The van der Waals surface area contributed by atoms with Gasteiger partial charge in [0.25, 0.3) is 0 Å². The Morgan fingerprint density at radius 1 is 0.456 bits per heavy atom. The zero-order chi connectivity index (χ0) is 49.5. The van der Waals surface area contributed by atoms with Crippen LogP contribution in [-0.4, -0.2) is 46.9 Å². The molecule has 6 heteroatoms. The van der Waals surface area contributed by atoms with Crippen molar-refractivity contribution < 1.29 is 24.5 Å². The fourth-order valence-electron chi connectivity index (χ4n) is 7.86. The smallest absolute Gasteiger partial charge is 0.306 e. The molecule has 0 aromatic carbocycles. The average molecular weight is 945 g/mol. The lowest BCUT2D eigenvalue weighted by molar-refractivity contribution is -0.150. The number of hydrogen-bond donors (Lipinski definition) is 3. The lowest BCUT2D eigenvalue weighted by Crippen LogP contribution is -2.46. The topological polar surface area (TPSA) is 95.9 Å². The molecular formula is C62H105NO5. The molecule has 6 nitrogen and oxygen atoms in total. The van der Waals surface area contributed by atoms with E-state index in [0.29, 0.717) is 19.3 Å². The summed E-state index contributed by atoms with van der Waals surface area (Å²) in [6.45, 7) is 6.31. The summed E-state index contributed by atoms with van der Waals surface area (Å²) in [4.78, 5) is 26.2. The molecule has 0 aliphatic heterocycles. The third-order valence-electron chi connectivity index (χ3n) is 12.1. The van der Waals surface area contributed by atoms with Crippen molar-refractivity contribution in [2.75, 3.05) is 6.61 Å². The van der Waals surface area contributed by atoms with E-state index in [1.165, 1.54) is 116 Å². The van der Waals surface area contributed by atoms with Gasteiger partial charge in [-0.3, -0.25) is 9.59 Å². The van der Waals surface area contributed by atoms with E-state index in [1.54, 1.807) is 0 Å². The summed E-state index contributed by atoms with van der Waals surface area (Å²) in [6, 6.07) is -0.751. The third kappa shape index (κ3) is 49.0. The zero-order valence-electron chi connectivity index (χ0n) is 44.2. The van der Waals surface area contributed by atoms with E-state index in [-0.39, 0.29) is 31.3 Å². The molecule has 0 spiro atoms. The molecule has 0 fully saturated rings. The van der Waals surface area contributed by atoms with E-state index in [0.717, 1.165) is 77.0 Å². The van der Waals surface area contributed by atoms with Gasteiger partial charge >= 0.3 is 5.97 Å². The number of nitrogens with one attached hydrogen (secondary N) is 1. The molecule has 3 atom stereocenters. The molecule has 0 saturated carbocycles. The van der Waals surface area contributed by atoms with Gasteiger partial charge in [0, 0.05) is 12.8 Å². The maximum atomic E-state index is 13.2. The molecule has 0 radical (unpaired) electrons. The van der Waals surface area contributed by atoms with Crippen LogP contribution in [0.5, 0.6) is 0 Å². The van der Waals surface area contributed by atoms with E-state index in [2.05, 4.69) is 123 Å². The Bertz CT molecular complexity index is 1380. The van der Waals surface area contributed by atoms with E-state index in [4.69, 9.17) is 4.74 Å². The molecule has 0 aliphatic carbocycles. The van der Waals surface area contributed by atoms with Crippen LogP contribution in [-0.2, 0) is 14.3 Å². The number of esters is 1. The standard InChI is InChI=1S/C62H105NO5/c1-4-7-10-13-16-19-22-25-28-30-33-36-39-42-45-48-51-54-60(65)59(57-64)63-61(66)56-58(53-50-47-44-41-38-35-32-27-24-21-18-15-12-9-6-3)68-62(67)55-52-49-46-43-40-37-34-31-29-26-23-20-17-14-11-8-5-2/h9,12,17-18,20-21,26-27,29,32,34,37-38,41,43,46-47,50,58-60,64-65H,4-8,10-11,13-16,19,22-25,28,30-31,33,35-36,39-40,42,44-45,48-49,51-57H2,1-3H3,(H,63,66)/b12-9-,20-17-,21-18-,29-26-,32-27-,37-34-,41-38-,46-43-,50-47-. The molecule has 0 aliphatic rings. The third-order valence-corrected chi connectivity index (χ3v) is 12.1. The maximum absolute atomic E-state index is 13.2. The Kier molecular flexibility index (Phi) is 51.7. The molecule has 1 amide bonds. The van der Waals surface area contributed by atoms with Gasteiger partial charge in [0.15, 0.2) is 0 Å². The van der Waals surface area contributed by atoms with Gasteiger partial charge in [-0.1, -0.05) is 252 Å². The fourth-order valence-corrected chi connectivity index (χ4v) is 7.86. The molecule has 0 bridgehead atoms. The highest BCUT2D eigenvalue weighted by Gasteiger charge is 2.23. The highest BCUT2D eigenvalue weighted by Crippen LogP contribution is 2.16. The summed E-state index contributed by atoms with van der Waals surface area (Å²) in [7, 11) is 0. The van der Waals surface area contributed by atoms with Crippen molar-refractivity contribution in [2.45, 2.75) is 264 Å². The highest BCUT2D eigenvalue weighted by atomic mass is 16.5. The average Bonchev–Trinajstić information content (AvgIpc) is 3.33. The van der Waals surface area contributed by atoms with Gasteiger partial charge in [-0.05, 0) is 83.5 Å². The highest BCUT2D eigenvalue weighted by molar-refractivity contribution is 5.77. The lowest BCUT2D eigenvalue weighted by Gasteiger charge is -2.24. The number of allylic oxidation sites excluding steroid dienone is 17. The molecule has 0 aromatic heterocycles. The van der Waals surface area contributed by atoms with Crippen LogP contribution in [0.25, 0.3) is 0 Å². The number of hydrogen-bond acceptors (Lipinski definition) is 5. The summed E-state index contributed by atoms with van der Waals surface area (Å²) in [5.74, 6) is -0.652. The van der Waals surface area contributed by atoms with Crippen molar-refractivity contribution in [3.05, 3.63) is 109 Å². The second kappa shape index (κ2) is 54.5. The number of carbonyl (C=O) groups excluding carboxylic acids is 2. The van der Waals surface area contributed by atoms with Gasteiger partial charge in [0.1, 0.15) is 6.10 Å². The van der Waals surface area contributed by atoms with Crippen molar-refractivity contribution in [3.8, 4) is 0 Å². The molecule has 3 unspecified atom stereocenters. The van der Waals surface area contributed by atoms with Crippen LogP contribution in [0.15, 0.2) is 109 Å². The predicted molar refractivity (Wildman–Crippen MR) is 296 cm³/mol. The Hall–Kier alpha value is -3.48. The van der Waals surface area contributed by atoms with Crippen LogP contribution in [0.3, 0.4) is 0 Å². The minimum atomic E-state index is -0.829. The minimum Gasteiger partial charge on any atom is -0.461 e. The first-order valence-corrected chi connectivity index (χ1v) is 28.1. The Morgan fingerprint density at radius 3 is 1.25 bits per heavy atom. The van der Waals surface area contributed by atoms with E-state index >= 15 is 0 Å². The van der Waals surface area contributed by atoms with Gasteiger partial charge in [-0.25, -0.2) is 0 Å². The lowest BCUT2D eigenvalue weighted by atomic mass is 10.0. The molecular weight excluding hydrogens is 839 g/mol. The number of amides is 1. The Balaban J connectivity index is 4.75. The van der Waals surface area contributed by atoms with Gasteiger partial charge < -0.3 is 20.3 Å². The summed E-state index contributed by atoms with van der Waals surface area (Å²) in [6.07, 6.45) is 74.6. The van der Waals surface area contributed by atoms with Crippen LogP contribution >= 0.6 is 0 Å². The van der Waals surface area contributed by atoms with Gasteiger partial charge in [0.2, 0.25) is 5.91 Å². The predicted octanol–water partition coefficient (Wildman–Crippen LogP) is 17.5. The van der Waals surface area contributed by atoms with Crippen LogP contribution < -0.4 is 5.32 Å². The second-order valence-electron chi connectivity index (χ2n) is 18.6. The summed E-state index contributed by atoms with van der Waals surface area (Å²) >= 11 is 0. The van der Waals surface area contributed by atoms with Crippen molar-refractivity contribution >= 4 is 11.9 Å². The van der Waals surface area contributed by atoms with Crippen LogP contribution in [0, 0.1) is 0 Å². The zero-order valence-corrected chi connectivity index (χ0v) is 44.2. The van der Waals surface area contributed by atoms with Crippen LogP contribution in [0.2, 0.25) is 0 Å². The van der Waals surface area contributed by atoms with Gasteiger partial charge in [-0.15, -0.1) is 0 Å². The van der Waals surface area contributed by atoms with Gasteiger partial charge in [-0.2, -0.15) is 0 Å². The Labute approximate surface area is 419 Å². The van der Waals surface area contributed by atoms with Crippen LogP contribution in [0.1, 0.15) is 245 Å². The first-order valence-electron chi connectivity index (χ1n) is 28.1. The molecule has 68 heavy (non-hydrogen) atoms. The normalized spacial score (nSPS) is 14.0. The van der Waals surface area contributed by atoms with Crippen LogP contribution in [0.4, 0.5) is 0 Å². The Morgan fingerprint density at radius 2 is 0.824 bits per heavy atom. The molecule has 0 rings (SSSR count). The minimum absolute atomic E-state index is 0.0282. The number of rotatable bonds is 49. The number of carbonyl (C=O) groups is 2. The van der Waals surface area contributed by atoms with Crippen molar-refractivity contribution in [1.82, 2.24) is 5.32 Å². The van der Waals surface area contributed by atoms with Gasteiger partial charge in [0.05, 0.1) is 25.2 Å². The first-order chi connectivity index (χ1) is 33.5. The molecule has 3 N–H and O–H groups in total. The summed E-state index contributed by atoms with van der Waals surface area (Å²) in [5.41, 5.74) is 0. The van der Waals surface area contributed by atoms with E-state index in [9.17, 15) is 19.8 Å². The number of aliphatic hydroxyl groups is 2. The molecule has 388 valence electrons. The summed E-state index contributed by atoms with van der Waals surface area (Å²) in [5, 5.41) is 23.8. The second-order valence-corrected chi connectivity index (χ2v) is 18.6. The van der Waals surface area contributed by atoms with E-state index < -0.39 is 18.2 Å². The van der Waals surface area contributed by atoms with Crippen molar-refractivity contribution in [1.29, 1.82) is 0 Å². The quantitative estimate of drug-likeness (QED) is 0.0321. The first kappa shape index (κ1) is 64.5. The molecule has 0 saturated heterocycles. The SMILES string of the molecule is CC/C=C\C/C=C\C/C=C\C/C=C\C/C=C\CC(CC(=O)NC(CO)C(O)CCCCCCCCCCCCCCCCCCC)OC(=O)CCC/C=C\C/C=C\C/C=C\C/C=C\CCCCC. The number of unbranched alkanes of at least 4 members (excludes halogenated alkanes) is 20. The largest absolute Gasteiger partial charge is 0.461 e. The summed E-state index contributed by atoms with van der Waals surface area (Å²) < 4.78 is 5.85. The van der Waals surface area contributed by atoms with E-state index in [1.807, 2.05) is 12.2 Å². The fraction of sp³-hybridized carbons (Fsp3) is 0.677. The molecule has 0 heterocycles. The van der Waals surface area contributed by atoms with Crippen molar-refractivity contribution in [2.24, 2.45) is 0 Å². The van der Waals surface area contributed by atoms with Crippen molar-refractivity contribution in [3.63, 3.8) is 0 Å². The number of aliphatic hydroxyl groups excluding tert-OH is 2. The molecule has 0 aromatic rings. The monoisotopic (exact) mass is 944 g/mol.